The topological polar surface area (TPSA) is 79.5 Å². The molecule has 0 heterocycles. The van der Waals surface area contributed by atoms with E-state index in [1.165, 1.54) is 6.07 Å². The van der Waals surface area contributed by atoms with E-state index in [1.807, 2.05) is 18.2 Å². The summed E-state index contributed by atoms with van der Waals surface area (Å²) in [5.41, 5.74) is 7.35. The van der Waals surface area contributed by atoms with E-state index in [-0.39, 0.29) is 5.82 Å². The maximum absolute atomic E-state index is 13.5. The largest absolute Gasteiger partial charge is 0.366 e. The Morgan fingerprint density at radius 2 is 1.83 bits per heavy atom. The summed E-state index contributed by atoms with van der Waals surface area (Å²) in [6, 6.07) is 13.8. The highest BCUT2D eigenvalue weighted by Crippen LogP contribution is 2.06. The number of carbonyl (C=O) groups excluding carboxylic acids is 1. The molecule has 5 nitrogen and oxygen atoms in total. The van der Waals surface area contributed by atoms with Crippen molar-refractivity contribution < 1.29 is 9.18 Å². The van der Waals surface area contributed by atoms with Gasteiger partial charge in [0, 0.05) is 25.7 Å². The first-order valence-corrected chi connectivity index (χ1v) is 7.67. The molecule has 0 aromatic heterocycles. The Labute approximate surface area is 140 Å². The van der Waals surface area contributed by atoms with Gasteiger partial charge in [0.05, 0.1) is 0 Å². The Hall–Kier alpha value is -2.89. The van der Waals surface area contributed by atoms with Crippen molar-refractivity contribution in [2.24, 2.45) is 10.7 Å². The van der Waals surface area contributed by atoms with Crippen LogP contribution in [-0.2, 0) is 13.0 Å². The molecule has 0 spiro atoms. The minimum absolute atomic E-state index is 0.197. The van der Waals surface area contributed by atoms with Crippen LogP contribution in [0.15, 0.2) is 53.5 Å². The van der Waals surface area contributed by atoms with Gasteiger partial charge in [0.25, 0.3) is 0 Å². The van der Waals surface area contributed by atoms with Crippen molar-refractivity contribution in [1.29, 1.82) is 0 Å². The molecule has 4 N–H and O–H groups in total. The summed E-state index contributed by atoms with van der Waals surface area (Å²) >= 11 is 0. The van der Waals surface area contributed by atoms with Gasteiger partial charge in [-0.25, -0.2) is 4.39 Å². The second-order valence-corrected chi connectivity index (χ2v) is 5.26. The minimum atomic E-state index is -0.444. The first-order valence-electron chi connectivity index (χ1n) is 7.67. The van der Waals surface area contributed by atoms with Crippen LogP contribution in [0.2, 0.25) is 0 Å². The molecule has 1 amide bonds. The molecule has 0 fully saturated rings. The van der Waals surface area contributed by atoms with Gasteiger partial charge in [0.2, 0.25) is 5.91 Å². The number of halogens is 1. The normalized spacial score (nSPS) is 11.2. The van der Waals surface area contributed by atoms with Gasteiger partial charge in [-0.15, -0.1) is 0 Å². The van der Waals surface area contributed by atoms with E-state index in [2.05, 4.69) is 15.6 Å². The lowest BCUT2D eigenvalue weighted by molar-refractivity contribution is 0.100. The quantitative estimate of drug-likeness (QED) is 0.559. The average molecular weight is 328 g/mol. The summed E-state index contributed by atoms with van der Waals surface area (Å²) in [5, 5.41) is 6.31. The third-order valence-corrected chi connectivity index (χ3v) is 3.57. The first-order chi connectivity index (χ1) is 11.6. The lowest BCUT2D eigenvalue weighted by Gasteiger charge is -2.12. The number of hydrogen-bond acceptors (Lipinski definition) is 2. The Morgan fingerprint density at radius 3 is 2.46 bits per heavy atom. The molecular weight excluding hydrogens is 307 g/mol. The smallest absolute Gasteiger partial charge is 0.248 e. The van der Waals surface area contributed by atoms with Crippen LogP contribution in [0.5, 0.6) is 0 Å². The second-order valence-electron chi connectivity index (χ2n) is 5.26. The van der Waals surface area contributed by atoms with E-state index in [4.69, 9.17) is 5.73 Å². The number of rotatable bonds is 6. The molecule has 0 radical (unpaired) electrons. The van der Waals surface area contributed by atoms with Gasteiger partial charge in [0.1, 0.15) is 5.82 Å². The minimum Gasteiger partial charge on any atom is -0.366 e. The van der Waals surface area contributed by atoms with Gasteiger partial charge in [-0.2, -0.15) is 0 Å². The fourth-order valence-electron chi connectivity index (χ4n) is 2.21. The summed E-state index contributed by atoms with van der Waals surface area (Å²) in [4.78, 5) is 15.2. The van der Waals surface area contributed by atoms with Crippen molar-refractivity contribution in [3.63, 3.8) is 0 Å². The number of nitrogens with zero attached hydrogens (tertiary/aromatic N) is 1. The third kappa shape index (κ3) is 5.08. The number of hydrogen-bond donors (Lipinski definition) is 3. The van der Waals surface area contributed by atoms with Crippen LogP contribution in [0.4, 0.5) is 4.39 Å². The van der Waals surface area contributed by atoms with E-state index in [1.54, 1.807) is 31.3 Å². The summed E-state index contributed by atoms with van der Waals surface area (Å²) in [6.07, 6.45) is 0.570. The number of benzene rings is 2. The van der Waals surface area contributed by atoms with Gasteiger partial charge in [-0.3, -0.25) is 9.79 Å². The van der Waals surface area contributed by atoms with Gasteiger partial charge in [-0.05, 0) is 35.7 Å². The van der Waals surface area contributed by atoms with Crippen molar-refractivity contribution >= 4 is 11.9 Å². The first kappa shape index (κ1) is 17.5. The monoisotopic (exact) mass is 328 g/mol. The van der Waals surface area contributed by atoms with Crippen LogP contribution in [0.1, 0.15) is 21.5 Å². The number of nitrogens with two attached hydrogens (primary N) is 1. The molecule has 0 saturated heterocycles. The molecule has 6 heteroatoms. The van der Waals surface area contributed by atoms with E-state index in [0.29, 0.717) is 36.6 Å². The predicted octanol–water partition coefficient (Wildman–Crippen LogP) is 1.83. The number of aliphatic imine (C=N–C) groups is 1. The van der Waals surface area contributed by atoms with Crippen molar-refractivity contribution in [3.8, 4) is 0 Å². The van der Waals surface area contributed by atoms with Crippen LogP contribution in [0.3, 0.4) is 0 Å². The van der Waals surface area contributed by atoms with Crippen LogP contribution in [-0.4, -0.2) is 25.5 Å². The van der Waals surface area contributed by atoms with Crippen molar-refractivity contribution in [3.05, 3.63) is 71.0 Å². The molecule has 0 aliphatic rings. The van der Waals surface area contributed by atoms with Gasteiger partial charge < -0.3 is 16.4 Å². The highest BCUT2D eigenvalue weighted by atomic mass is 19.1. The maximum Gasteiger partial charge on any atom is 0.248 e. The Morgan fingerprint density at radius 1 is 1.12 bits per heavy atom. The zero-order valence-electron chi connectivity index (χ0n) is 13.6. The molecule has 2 aromatic carbocycles. The zero-order chi connectivity index (χ0) is 17.4. The number of nitrogens with one attached hydrogen (secondary N) is 2. The summed E-state index contributed by atoms with van der Waals surface area (Å²) in [5.74, 6) is -0.0118. The summed E-state index contributed by atoms with van der Waals surface area (Å²) in [7, 11) is 1.68. The van der Waals surface area contributed by atoms with Crippen molar-refractivity contribution in [2.45, 2.75) is 13.0 Å². The van der Waals surface area contributed by atoms with Gasteiger partial charge >= 0.3 is 0 Å². The number of amides is 1. The Kier molecular flexibility index (Phi) is 6.31. The van der Waals surface area contributed by atoms with E-state index in [0.717, 1.165) is 5.56 Å². The number of primary amides is 1. The lowest BCUT2D eigenvalue weighted by atomic mass is 10.1. The maximum atomic E-state index is 13.5. The second kappa shape index (κ2) is 8.67. The number of guanidine groups is 1. The van der Waals surface area contributed by atoms with Crippen LogP contribution >= 0.6 is 0 Å². The molecule has 126 valence electrons. The third-order valence-electron chi connectivity index (χ3n) is 3.57. The molecule has 0 bridgehead atoms. The van der Waals surface area contributed by atoms with E-state index < -0.39 is 5.91 Å². The van der Waals surface area contributed by atoms with Crippen LogP contribution < -0.4 is 16.4 Å². The molecule has 0 aliphatic heterocycles. The van der Waals surface area contributed by atoms with Crippen LogP contribution in [0, 0.1) is 5.82 Å². The highest BCUT2D eigenvalue weighted by molar-refractivity contribution is 5.92. The standard InChI is InChI=1S/C18H21FN4O/c1-21-18(22-11-10-14-4-2-3-5-16(14)19)23-12-13-6-8-15(9-7-13)17(20)24/h2-9H,10-12H2,1H3,(H2,20,24)(H2,21,22,23). The molecule has 0 unspecified atom stereocenters. The van der Waals surface area contributed by atoms with Crippen molar-refractivity contribution in [2.75, 3.05) is 13.6 Å². The summed E-state index contributed by atoms with van der Waals surface area (Å²) in [6.45, 7) is 1.12. The van der Waals surface area contributed by atoms with Gasteiger partial charge in [0.15, 0.2) is 5.96 Å². The average Bonchev–Trinajstić information content (AvgIpc) is 2.59. The molecule has 0 aliphatic carbocycles. The predicted molar refractivity (Wildman–Crippen MR) is 93.3 cm³/mol. The van der Waals surface area contributed by atoms with E-state index in [9.17, 15) is 9.18 Å². The molecule has 0 atom stereocenters. The zero-order valence-corrected chi connectivity index (χ0v) is 13.6. The molecule has 2 aromatic rings. The Bertz CT molecular complexity index is 713. The van der Waals surface area contributed by atoms with Gasteiger partial charge in [-0.1, -0.05) is 30.3 Å². The highest BCUT2D eigenvalue weighted by Gasteiger charge is 2.03. The lowest BCUT2D eigenvalue weighted by Crippen LogP contribution is -2.37. The molecule has 2 rings (SSSR count). The number of carbonyl (C=O) groups is 1. The Balaban J connectivity index is 1.80. The van der Waals surface area contributed by atoms with Crippen molar-refractivity contribution in [1.82, 2.24) is 10.6 Å². The fourth-order valence-corrected chi connectivity index (χ4v) is 2.21. The molecule has 24 heavy (non-hydrogen) atoms. The SMILES string of the molecule is CN=C(NCCc1ccccc1F)NCc1ccc(C(N)=O)cc1. The fraction of sp³-hybridized carbons (Fsp3) is 0.222. The molecule has 0 saturated carbocycles. The molecular formula is C18H21FN4O. The van der Waals surface area contributed by atoms with E-state index >= 15 is 0 Å². The van der Waals surface area contributed by atoms with Crippen LogP contribution in [0.25, 0.3) is 0 Å². The summed E-state index contributed by atoms with van der Waals surface area (Å²) < 4.78 is 13.5.